The molecule has 3 aromatic carbocycles. The van der Waals surface area contributed by atoms with Gasteiger partial charge in [-0.05, 0) is 24.1 Å². The molecule has 4 nitrogen and oxygen atoms in total. The molecule has 0 unspecified atom stereocenters. The van der Waals surface area contributed by atoms with Gasteiger partial charge in [-0.3, -0.25) is 0 Å². The Morgan fingerprint density at radius 3 is 2.50 bits per heavy atom. The number of aliphatic hydroxyl groups is 1. The van der Waals surface area contributed by atoms with Crippen LogP contribution in [-0.2, 0) is 13.2 Å². The highest BCUT2D eigenvalue weighted by molar-refractivity contribution is 5.46. The fourth-order valence-corrected chi connectivity index (χ4v) is 3.12. The molecule has 0 aliphatic rings. The van der Waals surface area contributed by atoms with Crippen molar-refractivity contribution in [2.24, 2.45) is 0 Å². The van der Waals surface area contributed by atoms with Crippen LogP contribution in [0.1, 0.15) is 28.4 Å². The highest BCUT2D eigenvalue weighted by Crippen LogP contribution is 2.32. The first-order chi connectivity index (χ1) is 13.7. The minimum atomic E-state index is -0.552. The van der Waals surface area contributed by atoms with Crippen LogP contribution in [0, 0.1) is 6.92 Å². The number of aliphatic hydroxyl groups excluding tert-OH is 1. The average Bonchev–Trinajstić information content (AvgIpc) is 2.73. The number of hydrogen-bond donors (Lipinski definition) is 2. The van der Waals surface area contributed by atoms with Crippen molar-refractivity contribution in [3.63, 3.8) is 0 Å². The molecule has 4 heteroatoms. The molecule has 3 aromatic rings. The Morgan fingerprint density at radius 2 is 1.75 bits per heavy atom. The number of aryl methyl sites for hydroxylation is 1. The molecular weight excluding hydrogens is 350 g/mol. The number of nitrogens with one attached hydrogen (secondary N) is 1. The van der Waals surface area contributed by atoms with Gasteiger partial charge in [-0.15, -0.1) is 0 Å². The first-order valence-electron chi connectivity index (χ1n) is 9.45. The van der Waals surface area contributed by atoms with E-state index < -0.39 is 6.10 Å². The lowest BCUT2D eigenvalue weighted by Gasteiger charge is -2.17. The van der Waals surface area contributed by atoms with Crippen LogP contribution in [0.5, 0.6) is 11.5 Å². The summed E-state index contributed by atoms with van der Waals surface area (Å²) in [5.41, 5.74) is 4.21. The summed E-state index contributed by atoms with van der Waals surface area (Å²) in [7, 11) is 1.64. The van der Waals surface area contributed by atoms with Crippen molar-refractivity contribution in [3.8, 4) is 11.5 Å². The smallest absolute Gasteiger partial charge is 0.166 e. The maximum Gasteiger partial charge on any atom is 0.166 e. The molecule has 0 fully saturated rings. The fraction of sp³-hybridized carbons (Fsp3) is 0.250. The molecule has 0 aromatic heterocycles. The van der Waals surface area contributed by atoms with E-state index in [0.717, 1.165) is 22.4 Å². The lowest BCUT2D eigenvalue weighted by Crippen LogP contribution is -2.21. The Balaban J connectivity index is 1.65. The van der Waals surface area contributed by atoms with Crippen molar-refractivity contribution in [1.29, 1.82) is 0 Å². The topological polar surface area (TPSA) is 50.7 Å². The Labute approximate surface area is 166 Å². The van der Waals surface area contributed by atoms with Crippen LogP contribution in [-0.4, -0.2) is 18.8 Å². The first kappa shape index (κ1) is 19.9. The molecule has 1 atom stereocenters. The van der Waals surface area contributed by atoms with Gasteiger partial charge >= 0.3 is 0 Å². The van der Waals surface area contributed by atoms with E-state index in [0.29, 0.717) is 25.4 Å². The zero-order valence-electron chi connectivity index (χ0n) is 16.4. The van der Waals surface area contributed by atoms with Gasteiger partial charge < -0.3 is 19.9 Å². The quantitative estimate of drug-likeness (QED) is 0.580. The molecule has 0 bridgehead atoms. The number of rotatable bonds is 9. The van der Waals surface area contributed by atoms with Crippen molar-refractivity contribution >= 4 is 0 Å². The van der Waals surface area contributed by atoms with Gasteiger partial charge in [-0.2, -0.15) is 0 Å². The molecule has 0 saturated carbocycles. The Kier molecular flexibility index (Phi) is 7.06. The highest BCUT2D eigenvalue weighted by Gasteiger charge is 2.12. The molecule has 0 amide bonds. The summed E-state index contributed by atoms with van der Waals surface area (Å²) in [4.78, 5) is 0. The lowest BCUT2D eigenvalue weighted by atomic mass is 10.1. The predicted octanol–water partition coefficient (Wildman–Crippen LogP) is 4.41. The maximum atomic E-state index is 10.3. The van der Waals surface area contributed by atoms with Crippen LogP contribution >= 0.6 is 0 Å². The second kappa shape index (κ2) is 9.93. The molecule has 2 N–H and O–H groups in total. The van der Waals surface area contributed by atoms with Crippen LogP contribution in [0.15, 0.2) is 72.8 Å². The third-order valence-electron chi connectivity index (χ3n) is 4.58. The summed E-state index contributed by atoms with van der Waals surface area (Å²) in [5.74, 6) is 1.43. The Morgan fingerprint density at radius 1 is 0.964 bits per heavy atom. The van der Waals surface area contributed by atoms with E-state index in [-0.39, 0.29) is 0 Å². The summed E-state index contributed by atoms with van der Waals surface area (Å²) < 4.78 is 11.6. The standard InChI is InChI=1S/C24H27NO3/c1-18-8-6-9-19(14-18)17-28-24-21(12-7-13-23(24)27-2)15-25-16-22(26)20-10-4-3-5-11-20/h3-14,22,25-26H,15-17H2,1-2H3/t22-/m0/s1. The van der Waals surface area contributed by atoms with Crippen LogP contribution < -0.4 is 14.8 Å². The van der Waals surface area contributed by atoms with Gasteiger partial charge in [0.05, 0.1) is 13.2 Å². The van der Waals surface area contributed by atoms with E-state index in [1.165, 1.54) is 5.56 Å². The van der Waals surface area contributed by atoms with Gasteiger partial charge in [0.1, 0.15) is 6.61 Å². The molecule has 146 valence electrons. The minimum Gasteiger partial charge on any atom is -0.493 e. The zero-order valence-corrected chi connectivity index (χ0v) is 16.4. The van der Waals surface area contributed by atoms with Crippen molar-refractivity contribution in [2.75, 3.05) is 13.7 Å². The monoisotopic (exact) mass is 377 g/mol. The predicted molar refractivity (Wildman–Crippen MR) is 112 cm³/mol. The molecule has 0 saturated heterocycles. The number of methoxy groups -OCH3 is 1. The van der Waals surface area contributed by atoms with Crippen molar-refractivity contribution in [1.82, 2.24) is 5.32 Å². The average molecular weight is 377 g/mol. The second-order valence-corrected chi connectivity index (χ2v) is 6.78. The summed E-state index contributed by atoms with van der Waals surface area (Å²) in [6.07, 6.45) is -0.552. The fourth-order valence-electron chi connectivity index (χ4n) is 3.12. The van der Waals surface area contributed by atoms with Crippen molar-refractivity contribution in [2.45, 2.75) is 26.2 Å². The molecule has 0 spiro atoms. The van der Waals surface area contributed by atoms with Gasteiger partial charge in [0.25, 0.3) is 0 Å². The number of ether oxygens (including phenoxy) is 2. The Hall–Kier alpha value is -2.82. The van der Waals surface area contributed by atoms with Crippen molar-refractivity contribution in [3.05, 3.63) is 95.1 Å². The highest BCUT2D eigenvalue weighted by atomic mass is 16.5. The third kappa shape index (κ3) is 5.35. The molecule has 0 heterocycles. The zero-order chi connectivity index (χ0) is 19.8. The van der Waals surface area contributed by atoms with E-state index in [9.17, 15) is 5.11 Å². The minimum absolute atomic E-state index is 0.457. The lowest BCUT2D eigenvalue weighted by molar-refractivity contribution is 0.174. The maximum absolute atomic E-state index is 10.3. The molecular formula is C24H27NO3. The second-order valence-electron chi connectivity index (χ2n) is 6.78. The van der Waals surface area contributed by atoms with E-state index >= 15 is 0 Å². The molecule has 0 radical (unpaired) electrons. The summed E-state index contributed by atoms with van der Waals surface area (Å²) in [6.45, 7) is 3.57. The van der Waals surface area contributed by atoms with E-state index in [2.05, 4.69) is 30.4 Å². The normalized spacial score (nSPS) is 11.8. The molecule has 28 heavy (non-hydrogen) atoms. The van der Waals surface area contributed by atoms with E-state index in [1.54, 1.807) is 7.11 Å². The van der Waals surface area contributed by atoms with Crippen molar-refractivity contribution < 1.29 is 14.6 Å². The van der Waals surface area contributed by atoms with Crippen LogP contribution in [0.4, 0.5) is 0 Å². The van der Waals surface area contributed by atoms with E-state index in [4.69, 9.17) is 9.47 Å². The Bertz CT molecular complexity index is 880. The van der Waals surface area contributed by atoms with Gasteiger partial charge in [-0.1, -0.05) is 72.3 Å². The number of para-hydroxylation sites is 1. The van der Waals surface area contributed by atoms with Gasteiger partial charge in [-0.25, -0.2) is 0 Å². The summed E-state index contributed by atoms with van der Waals surface area (Å²) in [5, 5.41) is 13.6. The molecule has 3 rings (SSSR count). The molecule has 0 aliphatic carbocycles. The summed E-state index contributed by atoms with van der Waals surface area (Å²) in [6, 6.07) is 23.8. The SMILES string of the molecule is COc1cccc(CNC[C@H](O)c2ccccc2)c1OCc1cccc(C)c1. The number of benzene rings is 3. The first-order valence-corrected chi connectivity index (χ1v) is 9.45. The van der Waals surface area contributed by atoms with Gasteiger partial charge in [0, 0.05) is 18.7 Å². The largest absolute Gasteiger partial charge is 0.493 e. The van der Waals surface area contributed by atoms with Gasteiger partial charge in [0.2, 0.25) is 0 Å². The number of hydrogen-bond acceptors (Lipinski definition) is 4. The van der Waals surface area contributed by atoms with Crippen LogP contribution in [0.2, 0.25) is 0 Å². The van der Waals surface area contributed by atoms with Crippen LogP contribution in [0.3, 0.4) is 0 Å². The van der Waals surface area contributed by atoms with E-state index in [1.807, 2.05) is 54.6 Å². The van der Waals surface area contributed by atoms with Gasteiger partial charge in [0.15, 0.2) is 11.5 Å². The van der Waals surface area contributed by atoms with Crippen LogP contribution in [0.25, 0.3) is 0 Å². The molecule has 0 aliphatic heterocycles. The third-order valence-corrected chi connectivity index (χ3v) is 4.58. The summed E-state index contributed by atoms with van der Waals surface area (Å²) >= 11 is 0.